The smallest absolute Gasteiger partial charge is 0.252 e. The van der Waals surface area contributed by atoms with Crippen LogP contribution in [0, 0.1) is 0 Å². The van der Waals surface area contributed by atoms with E-state index in [1.54, 1.807) is 0 Å². The molecule has 27 heavy (non-hydrogen) atoms. The molecule has 9 heteroatoms. The predicted octanol–water partition coefficient (Wildman–Crippen LogP) is 3.52. The van der Waals surface area contributed by atoms with Crippen LogP contribution in [0.2, 0.25) is 4.34 Å². The number of benzene rings is 1. The fourth-order valence-electron chi connectivity index (χ4n) is 2.21. The topological polar surface area (TPSA) is 75.7 Å². The van der Waals surface area contributed by atoms with Crippen LogP contribution in [-0.4, -0.2) is 38.8 Å². The Balaban J connectivity index is 1.88. The SMILES string of the molecule is CCCCOc1cccc(CNC(=O)CN(C)S(=O)(=O)c2ccc(Cl)s2)c1. The molecule has 0 atom stereocenters. The molecule has 1 amide bonds. The lowest BCUT2D eigenvalue weighted by molar-refractivity contribution is -0.121. The quantitative estimate of drug-likeness (QED) is 0.585. The average molecular weight is 431 g/mol. The Morgan fingerprint density at radius 3 is 2.74 bits per heavy atom. The second-order valence-corrected chi connectivity index (χ2v) is 9.93. The first-order chi connectivity index (χ1) is 12.8. The molecule has 2 rings (SSSR count). The maximum absolute atomic E-state index is 12.4. The van der Waals surface area contributed by atoms with Crippen LogP contribution in [0.25, 0.3) is 0 Å². The fourth-order valence-corrected chi connectivity index (χ4v) is 5.03. The Bertz CT molecular complexity index is 868. The highest BCUT2D eigenvalue weighted by Gasteiger charge is 2.24. The monoisotopic (exact) mass is 430 g/mol. The van der Waals surface area contributed by atoms with Crippen LogP contribution in [0.5, 0.6) is 5.75 Å². The highest BCUT2D eigenvalue weighted by molar-refractivity contribution is 7.91. The number of halogens is 1. The minimum Gasteiger partial charge on any atom is -0.494 e. The number of nitrogens with one attached hydrogen (secondary N) is 1. The van der Waals surface area contributed by atoms with E-state index in [9.17, 15) is 13.2 Å². The third-order valence-corrected chi connectivity index (χ3v) is 7.24. The number of sulfonamides is 1. The van der Waals surface area contributed by atoms with Crippen LogP contribution in [-0.2, 0) is 21.4 Å². The third-order valence-electron chi connectivity index (χ3n) is 3.73. The van der Waals surface area contributed by atoms with Gasteiger partial charge in [-0.2, -0.15) is 4.31 Å². The highest BCUT2D eigenvalue weighted by atomic mass is 35.5. The molecule has 0 saturated carbocycles. The van der Waals surface area contributed by atoms with Gasteiger partial charge in [-0.1, -0.05) is 37.1 Å². The minimum absolute atomic E-state index is 0.111. The van der Waals surface area contributed by atoms with E-state index in [-0.39, 0.29) is 16.7 Å². The zero-order valence-corrected chi connectivity index (χ0v) is 17.7. The van der Waals surface area contributed by atoms with Crippen molar-refractivity contribution in [3.63, 3.8) is 0 Å². The van der Waals surface area contributed by atoms with Gasteiger partial charge in [0.2, 0.25) is 5.91 Å². The molecule has 0 radical (unpaired) electrons. The number of likely N-dealkylation sites (N-methyl/N-ethyl adjacent to an activating group) is 1. The third kappa shape index (κ3) is 6.49. The van der Waals surface area contributed by atoms with Crippen molar-refractivity contribution in [1.29, 1.82) is 0 Å². The number of rotatable bonds is 10. The Morgan fingerprint density at radius 2 is 2.07 bits per heavy atom. The number of unbranched alkanes of at least 4 members (excludes halogenated alkanes) is 1. The summed E-state index contributed by atoms with van der Waals surface area (Å²) in [5, 5.41) is 2.73. The van der Waals surface area contributed by atoms with Crippen molar-refractivity contribution < 1.29 is 17.9 Å². The second kappa shape index (κ2) is 10.1. The van der Waals surface area contributed by atoms with Gasteiger partial charge in [0, 0.05) is 13.6 Å². The van der Waals surface area contributed by atoms with E-state index in [4.69, 9.17) is 16.3 Å². The van der Waals surface area contributed by atoms with Gasteiger partial charge in [-0.25, -0.2) is 8.42 Å². The zero-order valence-electron chi connectivity index (χ0n) is 15.3. The lowest BCUT2D eigenvalue weighted by atomic mass is 10.2. The maximum Gasteiger partial charge on any atom is 0.252 e. The minimum atomic E-state index is -3.73. The van der Waals surface area contributed by atoms with Gasteiger partial charge >= 0.3 is 0 Å². The van der Waals surface area contributed by atoms with Gasteiger partial charge in [-0.3, -0.25) is 4.79 Å². The predicted molar refractivity (Wildman–Crippen MR) is 108 cm³/mol. The first-order valence-electron chi connectivity index (χ1n) is 8.53. The molecule has 0 unspecified atom stereocenters. The summed E-state index contributed by atoms with van der Waals surface area (Å²) >= 11 is 6.75. The van der Waals surface area contributed by atoms with Crippen LogP contribution < -0.4 is 10.1 Å². The van der Waals surface area contributed by atoms with E-state index >= 15 is 0 Å². The molecule has 6 nitrogen and oxygen atoms in total. The molecule has 1 heterocycles. The summed E-state index contributed by atoms with van der Waals surface area (Å²) in [7, 11) is -2.36. The number of ether oxygens (including phenoxy) is 1. The first kappa shape index (κ1) is 21.7. The highest BCUT2D eigenvalue weighted by Crippen LogP contribution is 2.27. The molecule has 0 aliphatic rings. The molecule has 148 valence electrons. The standard InChI is InChI=1S/C18H23ClN2O4S2/c1-3-4-10-25-15-7-5-6-14(11-15)12-20-17(22)13-21(2)27(23,24)18-9-8-16(19)26-18/h5-9,11H,3-4,10,12-13H2,1-2H3,(H,20,22). The number of carbonyl (C=O) groups excluding carboxylic acids is 1. The van der Waals surface area contributed by atoms with Crippen molar-refractivity contribution in [3.8, 4) is 5.75 Å². The van der Waals surface area contributed by atoms with Crippen LogP contribution >= 0.6 is 22.9 Å². The Morgan fingerprint density at radius 1 is 1.30 bits per heavy atom. The summed E-state index contributed by atoms with van der Waals surface area (Å²) < 4.78 is 32.0. The number of amides is 1. The van der Waals surface area contributed by atoms with Gasteiger partial charge in [0.05, 0.1) is 17.5 Å². The molecule has 1 N–H and O–H groups in total. The molecule has 0 fully saturated rings. The Hall–Kier alpha value is -1.61. The molecule has 2 aromatic rings. The Labute approximate surface area is 169 Å². The van der Waals surface area contributed by atoms with Crippen molar-refractivity contribution in [3.05, 3.63) is 46.3 Å². The van der Waals surface area contributed by atoms with Crippen molar-refractivity contribution >= 4 is 38.9 Å². The van der Waals surface area contributed by atoms with Gasteiger partial charge in [-0.05, 0) is 36.2 Å². The average Bonchev–Trinajstić information content (AvgIpc) is 3.08. The van der Waals surface area contributed by atoms with Crippen molar-refractivity contribution in [2.24, 2.45) is 0 Å². The van der Waals surface area contributed by atoms with Crippen LogP contribution in [0.4, 0.5) is 0 Å². The van der Waals surface area contributed by atoms with Crippen molar-refractivity contribution in [1.82, 2.24) is 9.62 Å². The number of hydrogen-bond acceptors (Lipinski definition) is 5. The summed E-state index contributed by atoms with van der Waals surface area (Å²) in [6.45, 7) is 2.77. The van der Waals surface area contributed by atoms with Gasteiger partial charge in [0.25, 0.3) is 10.0 Å². The summed E-state index contributed by atoms with van der Waals surface area (Å²) in [5.41, 5.74) is 0.882. The Kier molecular flexibility index (Phi) is 8.09. The van der Waals surface area contributed by atoms with E-state index in [0.29, 0.717) is 17.5 Å². The van der Waals surface area contributed by atoms with Crippen LogP contribution in [0.1, 0.15) is 25.3 Å². The van der Waals surface area contributed by atoms with Crippen LogP contribution in [0.3, 0.4) is 0 Å². The van der Waals surface area contributed by atoms with E-state index in [0.717, 1.165) is 39.8 Å². The van der Waals surface area contributed by atoms with Gasteiger partial charge in [-0.15, -0.1) is 11.3 Å². The molecule has 0 saturated heterocycles. The van der Waals surface area contributed by atoms with Crippen molar-refractivity contribution in [2.75, 3.05) is 20.2 Å². The van der Waals surface area contributed by atoms with Gasteiger partial charge < -0.3 is 10.1 Å². The number of hydrogen-bond donors (Lipinski definition) is 1. The molecule has 1 aromatic heterocycles. The summed E-state index contributed by atoms with van der Waals surface area (Å²) in [6.07, 6.45) is 2.04. The molecule has 1 aromatic carbocycles. The summed E-state index contributed by atoms with van der Waals surface area (Å²) in [6, 6.07) is 10.4. The number of nitrogens with zero attached hydrogens (tertiary/aromatic N) is 1. The zero-order chi connectivity index (χ0) is 19.9. The van der Waals surface area contributed by atoms with Gasteiger partial charge in [0.15, 0.2) is 0 Å². The van der Waals surface area contributed by atoms with E-state index < -0.39 is 10.0 Å². The number of carbonyl (C=O) groups is 1. The van der Waals surface area contributed by atoms with Crippen LogP contribution in [0.15, 0.2) is 40.6 Å². The lowest BCUT2D eigenvalue weighted by Gasteiger charge is -2.16. The molecule has 0 spiro atoms. The lowest BCUT2D eigenvalue weighted by Crippen LogP contribution is -2.37. The van der Waals surface area contributed by atoms with Gasteiger partial charge in [0.1, 0.15) is 9.96 Å². The largest absolute Gasteiger partial charge is 0.494 e. The molecule has 0 bridgehead atoms. The first-order valence-corrected chi connectivity index (χ1v) is 11.2. The molecule has 0 aliphatic carbocycles. The molecular formula is C18H23ClN2O4S2. The second-order valence-electron chi connectivity index (χ2n) is 5.95. The van der Waals surface area contributed by atoms with E-state index in [1.807, 2.05) is 24.3 Å². The maximum atomic E-state index is 12.4. The molecule has 0 aliphatic heterocycles. The van der Waals surface area contributed by atoms with E-state index in [1.165, 1.54) is 19.2 Å². The normalized spacial score (nSPS) is 11.6. The fraction of sp³-hybridized carbons (Fsp3) is 0.389. The summed E-state index contributed by atoms with van der Waals surface area (Å²) in [4.78, 5) is 12.1. The van der Waals surface area contributed by atoms with Crippen molar-refractivity contribution in [2.45, 2.75) is 30.5 Å². The van der Waals surface area contributed by atoms with E-state index in [2.05, 4.69) is 12.2 Å². The number of thiophene rings is 1. The summed E-state index contributed by atoms with van der Waals surface area (Å²) in [5.74, 6) is 0.366. The molecular weight excluding hydrogens is 408 g/mol.